The highest BCUT2D eigenvalue weighted by Gasteiger charge is 2.43. The van der Waals surface area contributed by atoms with Crippen LogP contribution < -0.4 is 23.7 Å². The van der Waals surface area contributed by atoms with Gasteiger partial charge in [-0.15, -0.1) is 0 Å². The van der Waals surface area contributed by atoms with Crippen molar-refractivity contribution in [2.45, 2.75) is 50.7 Å². The largest absolute Gasteiger partial charge is 0.508 e. The van der Waals surface area contributed by atoms with Gasteiger partial charge >= 0.3 is 6.16 Å². The zero-order chi connectivity index (χ0) is 28.2. The van der Waals surface area contributed by atoms with Crippen molar-refractivity contribution in [3.05, 3.63) is 76.3 Å². The van der Waals surface area contributed by atoms with Crippen LogP contribution in [0.3, 0.4) is 0 Å². The first-order chi connectivity index (χ1) is 19.5. The zero-order valence-corrected chi connectivity index (χ0v) is 23.7. The number of ether oxygens (including phenoxy) is 7. The number of rotatable bonds is 9. The van der Waals surface area contributed by atoms with E-state index in [4.69, 9.17) is 33.2 Å². The van der Waals surface area contributed by atoms with Crippen molar-refractivity contribution in [3.63, 3.8) is 0 Å². The van der Waals surface area contributed by atoms with E-state index in [-0.39, 0.29) is 24.5 Å². The third-order valence-electron chi connectivity index (χ3n) is 7.86. The Bertz CT molecular complexity index is 1350. The first-order valence-corrected chi connectivity index (χ1v) is 13.6. The number of benzene rings is 3. The standard InChI is InChI=1S/C32H36O8/c1-6-38-32(33)40-26-14-24-23-17-29(35-3)31(37-5)30(36-4)21(23)13-12-20(26)22-16-28(27(34-2)15-25(22)24)39-18-19-10-8-7-9-11-19/h7-11,15-17,20,24,26H,6,12-14,18H2,1-5H3/t20-,24-,26-/m1/s1. The average Bonchev–Trinajstić information content (AvgIpc) is 2.97. The maximum absolute atomic E-state index is 12.5. The van der Waals surface area contributed by atoms with Crippen LogP contribution in [0.5, 0.6) is 28.7 Å². The minimum atomic E-state index is -0.653. The number of hydrogen-bond donors (Lipinski definition) is 0. The number of carbonyl (C=O) groups is 1. The summed E-state index contributed by atoms with van der Waals surface area (Å²) in [7, 11) is 6.52. The molecule has 2 bridgehead atoms. The molecule has 0 radical (unpaired) electrons. The molecule has 0 heterocycles. The fraction of sp³-hybridized carbons (Fsp3) is 0.406. The molecule has 2 aliphatic rings. The molecule has 0 aliphatic heterocycles. The second-order valence-corrected chi connectivity index (χ2v) is 9.89. The average molecular weight is 549 g/mol. The lowest BCUT2D eigenvalue weighted by molar-refractivity contribution is 0.00713. The minimum absolute atomic E-state index is 0.0772. The van der Waals surface area contributed by atoms with Gasteiger partial charge in [0.1, 0.15) is 12.7 Å². The number of fused-ring (bicyclic) bond motifs is 2. The van der Waals surface area contributed by atoms with Crippen LogP contribution in [-0.2, 0) is 22.5 Å². The van der Waals surface area contributed by atoms with Crippen LogP contribution in [0.2, 0.25) is 0 Å². The van der Waals surface area contributed by atoms with Gasteiger partial charge in [-0.1, -0.05) is 30.3 Å². The molecule has 0 amide bonds. The number of hydrogen-bond acceptors (Lipinski definition) is 8. The lowest BCUT2D eigenvalue weighted by Crippen LogP contribution is -2.35. The minimum Gasteiger partial charge on any atom is -0.493 e. The molecule has 2 aliphatic carbocycles. The van der Waals surface area contributed by atoms with E-state index in [0.717, 1.165) is 27.8 Å². The zero-order valence-electron chi connectivity index (χ0n) is 23.7. The highest BCUT2D eigenvalue weighted by atomic mass is 16.7. The summed E-state index contributed by atoms with van der Waals surface area (Å²) in [6.45, 7) is 2.43. The van der Waals surface area contributed by atoms with E-state index in [2.05, 4.69) is 12.1 Å². The van der Waals surface area contributed by atoms with Crippen molar-refractivity contribution >= 4 is 6.16 Å². The van der Waals surface area contributed by atoms with Crippen molar-refractivity contribution in [1.29, 1.82) is 0 Å². The number of carbonyl (C=O) groups excluding carboxylic acids is 1. The van der Waals surface area contributed by atoms with Gasteiger partial charge in [0, 0.05) is 17.4 Å². The van der Waals surface area contributed by atoms with Crippen molar-refractivity contribution in [2.24, 2.45) is 0 Å². The van der Waals surface area contributed by atoms with Gasteiger partial charge in [-0.2, -0.15) is 0 Å². The number of methoxy groups -OCH3 is 4. The first kappa shape index (κ1) is 27.5. The Morgan fingerprint density at radius 3 is 2.20 bits per heavy atom. The Labute approximate surface area is 235 Å². The Kier molecular flexibility index (Phi) is 8.24. The Balaban J connectivity index is 1.64. The molecule has 212 valence electrons. The molecule has 8 heteroatoms. The van der Waals surface area contributed by atoms with Crippen molar-refractivity contribution < 1.29 is 38.0 Å². The summed E-state index contributed by atoms with van der Waals surface area (Å²) in [5.74, 6) is 2.93. The first-order valence-electron chi connectivity index (χ1n) is 13.6. The highest BCUT2D eigenvalue weighted by molar-refractivity contribution is 5.65. The van der Waals surface area contributed by atoms with Crippen LogP contribution >= 0.6 is 0 Å². The molecule has 0 saturated carbocycles. The van der Waals surface area contributed by atoms with E-state index in [0.29, 0.717) is 54.6 Å². The molecule has 3 aromatic carbocycles. The van der Waals surface area contributed by atoms with Crippen LogP contribution in [0.4, 0.5) is 4.79 Å². The summed E-state index contributed by atoms with van der Waals surface area (Å²) >= 11 is 0. The third-order valence-corrected chi connectivity index (χ3v) is 7.86. The maximum atomic E-state index is 12.5. The fourth-order valence-electron chi connectivity index (χ4n) is 6.09. The second kappa shape index (κ2) is 12.0. The topological polar surface area (TPSA) is 81.7 Å². The van der Waals surface area contributed by atoms with E-state index in [1.54, 1.807) is 35.4 Å². The van der Waals surface area contributed by atoms with Gasteiger partial charge in [-0.25, -0.2) is 4.79 Å². The monoisotopic (exact) mass is 548 g/mol. The summed E-state index contributed by atoms with van der Waals surface area (Å²) in [6.07, 6.45) is 0.968. The summed E-state index contributed by atoms with van der Waals surface area (Å²) in [5, 5.41) is 0. The summed E-state index contributed by atoms with van der Waals surface area (Å²) in [6, 6.07) is 16.1. The van der Waals surface area contributed by atoms with Crippen molar-refractivity contribution in [3.8, 4) is 28.7 Å². The predicted molar refractivity (Wildman–Crippen MR) is 149 cm³/mol. The van der Waals surface area contributed by atoms with Gasteiger partial charge < -0.3 is 33.2 Å². The maximum Gasteiger partial charge on any atom is 0.508 e. The summed E-state index contributed by atoms with van der Waals surface area (Å²) in [5.41, 5.74) is 5.36. The van der Waals surface area contributed by atoms with E-state index in [9.17, 15) is 4.79 Å². The second-order valence-electron chi connectivity index (χ2n) is 9.89. The Morgan fingerprint density at radius 2 is 1.52 bits per heavy atom. The quantitative estimate of drug-likeness (QED) is 0.284. The Morgan fingerprint density at radius 1 is 0.825 bits per heavy atom. The summed E-state index contributed by atoms with van der Waals surface area (Å²) in [4.78, 5) is 12.5. The molecule has 8 nitrogen and oxygen atoms in total. The molecule has 0 saturated heterocycles. The molecule has 3 aromatic rings. The molecule has 3 atom stereocenters. The molecule has 0 aromatic heterocycles. The lowest BCUT2D eigenvalue weighted by atomic mass is 9.67. The van der Waals surface area contributed by atoms with Crippen LogP contribution in [0.15, 0.2) is 48.5 Å². The normalized spacial score (nSPS) is 18.9. The van der Waals surface area contributed by atoms with Gasteiger partial charge in [-0.3, -0.25) is 0 Å². The van der Waals surface area contributed by atoms with Crippen LogP contribution in [0.25, 0.3) is 0 Å². The van der Waals surface area contributed by atoms with Gasteiger partial charge in [0.15, 0.2) is 23.0 Å². The Hall–Kier alpha value is -4.07. The molecule has 0 unspecified atom stereocenters. The summed E-state index contributed by atoms with van der Waals surface area (Å²) < 4.78 is 40.5. The fourth-order valence-corrected chi connectivity index (χ4v) is 6.09. The van der Waals surface area contributed by atoms with Crippen molar-refractivity contribution in [1.82, 2.24) is 0 Å². The van der Waals surface area contributed by atoms with Crippen LogP contribution in [0.1, 0.15) is 59.4 Å². The molecule has 40 heavy (non-hydrogen) atoms. The molecular weight excluding hydrogens is 512 g/mol. The smallest absolute Gasteiger partial charge is 0.493 e. The molecule has 0 N–H and O–H groups in total. The van der Waals surface area contributed by atoms with Gasteiger partial charge in [0.2, 0.25) is 5.75 Å². The van der Waals surface area contributed by atoms with Gasteiger partial charge in [0.05, 0.1) is 35.0 Å². The molecular formula is C32H36O8. The van der Waals surface area contributed by atoms with Crippen LogP contribution in [-0.4, -0.2) is 47.3 Å². The van der Waals surface area contributed by atoms with Crippen molar-refractivity contribution in [2.75, 3.05) is 35.0 Å². The third kappa shape index (κ3) is 5.10. The lowest BCUT2D eigenvalue weighted by Gasteiger charge is -2.41. The van der Waals surface area contributed by atoms with E-state index >= 15 is 0 Å². The van der Waals surface area contributed by atoms with E-state index in [1.165, 1.54) is 0 Å². The molecule has 0 fully saturated rings. The SMILES string of the molecule is CCOC(=O)O[C@@H]1C[C@H]2c3cc(OC)c(OCc4ccccc4)cc3[C@H]1CCc1c2cc(OC)c(OC)c1OC. The van der Waals surface area contributed by atoms with Gasteiger partial charge in [0.25, 0.3) is 0 Å². The van der Waals surface area contributed by atoms with Gasteiger partial charge in [-0.05, 0) is 66.6 Å². The highest BCUT2D eigenvalue weighted by Crippen LogP contribution is 2.55. The van der Waals surface area contributed by atoms with E-state index in [1.807, 2.05) is 36.4 Å². The molecule has 0 spiro atoms. The predicted octanol–water partition coefficient (Wildman–Crippen LogP) is 6.41. The van der Waals surface area contributed by atoms with Crippen LogP contribution in [0, 0.1) is 0 Å². The van der Waals surface area contributed by atoms with E-state index < -0.39 is 6.16 Å². The molecule has 5 rings (SSSR count).